The minimum atomic E-state index is 0.207. The number of aromatic nitrogens is 1. The molecule has 0 atom stereocenters. The smallest absolute Gasteiger partial charge is 0.227 e. The van der Waals surface area contributed by atoms with E-state index in [1.807, 2.05) is 30.9 Å². The molecule has 3 heteroatoms. The molecule has 1 amide bonds. The molecule has 1 aliphatic heterocycles. The molecule has 0 aliphatic carbocycles. The van der Waals surface area contributed by atoms with Crippen molar-refractivity contribution in [1.29, 1.82) is 0 Å². The van der Waals surface area contributed by atoms with Crippen LogP contribution in [0.1, 0.15) is 32.4 Å². The Morgan fingerprint density at radius 1 is 1.40 bits per heavy atom. The van der Waals surface area contributed by atoms with Crippen LogP contribution in [0.4, 0.5) is 5.69 Å². The second-order valence-corrected chi connectivity index (χ2v) is 4.18. The summed E-state index contributed by atoms with van der Waals surface area (Å²) in [7, 11) is 0. The van der Waals surface area contributed by atoms with Crippen LogP contribution in [0.5, 0.6) is 0 Å². The number of carbonyl (C=O) groups excluding carboxylic acids is 1. The van der Waals surface area contributed by atoms with Crippen LogP contribution in [-0.4, -0.2) is 16.9 Å². The van der Waals surface area contributed by atoms with Crippen molar-refractivity contribution in [2.24, 2.45) is 0 Å². The second kappa shape index (κ2) is 4.01. The fourth-order valence-electron chi connectivity index (χ4n) is 2.07. The Labute approximate surface area is 90.1 Å². The lowest BCUT2D eigenvalue weighted by molar-refractivity contribution is -0.118. The summed E-state index contributed by atoms with van der Waals surface area (Å²) in [6.07, 6.45) is 4.25. The van der Waals surface area contributed by atoms with Gasteiger partial charge in [0.05, 0.1) is 11.4 Å². The predicted octanol–water partition coefficient (Wildman–Crippen LogP) is 2.16. The molecule has 0 saturated carbocycles. The van der Waals surface area contributed by atoms with Crippen LogP contribution >= 0.6 is 0 Å². The molecule has 1 aromatic rings. The summed E-state index contributed by atoms with van der Waals surface area (Å²) in [6.45, 7) is 4.08. The van der Waals surface area contributed by atoms with Gasteiger partial charge in [0.1, 0.15) is 0 Å². The van der Waals surface area contributed by atoms with Crippen LogP contribution < -0.4 is 4.90 Å². The van der Waals surface area contributed by atoms with Gasteiger partial charge in [0, 0.05) is 18.7 Å². The van der Waals surface area contributed by atoms with E-state index in [1.54, 1.807) is 6.20 Å². The lowest BCUT2D eigenvalue weighted by Crippen LogP contribution is -2.36. The number of pyridine rings is 1. The summed E-state index contributed by atoms with van der Waals surface area (Å²) < 4.78 is 0. The molecule has 80 valence electrons. The normalized spacial score (nSPS) is 16.5. The van der Waals surface area contributed by atoms with Crippen molar-refractivity contribution in [1.82, 2.24) is 4.98 Å². The van der Waals surface area contributed by atoms with Crippen LogP contribution in [0.15, 0.2) is 18.3 Å². The topological polar surface area (TPSA) is 33.2 Å². The van der Waals surface area contributed by atoms with Crippen LogP contribution in [0.2, 0.25) is 0 Å². The first-order valence-electron chi connectivity index (χ1n) is 5.46. The number of rotatable bonds is 1. The summed E-state index contributed by atoms with van der Waals surface area (Å²) in [5, 5.41) is 0. The molecule has 3 nitrogen and oxygen atoms in total. The van der Waals surface area contributed by atoms with Crippen molar-refractivity contribution in [2.75, 3.05) is 4.90 Å². The summed E-state index contributed by atoms with van der Waals surface area (Å²) >= 11 is 0. The van der Waals surface area contributed by atoms with Gasteiger partial charge in [-0.15, -0.1) is 0 Å². The molecule has 0 spiro atoms. The number of amides is 1. The van der Waals surface area contributed by atoms with E-state index in [0.717, 1.165) is 24.2 Å². The van der Waals surface area contributed by atoms with E-state index in [-0.39, 0.29) is 11.9 Å². The highest BCUT2D eigenvalue weighted by Crippen LogP contribution is 2.26. The van der Waals surface area contributed by atoms with Gasteiger partial charge >= 0.3 is 0 Å². The van der Waals surface area contributed by atoms with Gasteiger partial charge in [0.15, 0.2) is 0 Å². The number of hydrogen-bond acceptors (Lipinski definition) is 2. The van der Waals surface area contributed by atoms with Crippen LogP contribution in [-0.2, 0) is 11.2 Å². The third kappa shape index (κ3) is 1.87. The van der Waals surface area contributed by atoms with E-state index in [2.05, 4.69) is 4.98 Å². The van der Waals surface area contributed by atoms with Crippen molar-refractivity contribution >= 4 is 11.6 Å². The van der Waals surface area contributed by atoms with Crippen molar-refractivity contribution in [3.8, 4) is 0 Å². The van der Waals surface area contributed by atoms with E-state index in [9.17, 15) is 4.79 Å². The summed E-state index contributed by atoms with van der Waals surface area (Å²) in [4.78, 5) is 18.1. The van der Waals surface area contributed by atoms with Gasteiger partial charge < -0.3 is 4.90 Å². The SMILES string of the molecule is CC(C)N1C(=O)CCCc2ncccc21. The Morgan fingerprint density at radius 2 is 2.20 bits per heavy atom. The van der Waals surface area contributed by atoms with E-state index in [0.29, 0.717) is 6.42 Å². The molecule has 15 heavy (non-hydrogen) atoms. The van der Waals surface area contributed by atoms with Gasteiger partial charge in [-0.25, -0.2) is 0 Å². The Hall–Kier alpha value is -1.38. The molecule has 0 N–H and O–H groups in total. The third-order valence-electron chi connectivity index (χ3n) is 2.72. The zero-order valence-corrected chi connectivity index (χ0v) is 9.23. The first kappa shape index (κ1) is 10.1. The average Bonchev–Trinajstić information content (AvgIpc) is 2.35. The minimum Gasteiger partial charge on any atom is -0.308 e. The van der Waals surface area contributed by atoms with Crippen molar-refractivity contribution in [3.63, 3.8) is 0 Å². The van der Waals surface area contributed by atoms with E-state index >= 15 is 0 Å². The van der Waals surface area contributed by atoms with Gasteiger partial charge in [-0.3, -0.25) is 9.78 Å². The fourth-order valence-corrected chi connectivity index (χ4v) is 2.07. The first-order chi connectivity index (χ1) is 7.20. The molecular formula is C12H16N2O. The molecule has 1 aromatic heterocycles. The Morgan fingerprint density at radius 3 is 2.93 bits per heavy atom. The lowest BCUT2D eigenvalue weighted by Gasteiger charge is -2.26. The second-order valence-electron chi connectivity index (χ2n) is 4.18. The van der Waals surface area contributed by atoms with E-state index < -0.39 is 0 Å². The molecule has 1 aliphatic rings. The quantitative estimate of drug-likeness (QED) is 0.702. The predicted molar refractivity (Wildman–Crippen MR) is 59.8 cm³/mol. The van der Waals surface area contributed by atoms with Gasteiger partial charge in [-0.1, -0.05) is 0 Å². The highest BCUT2D eigenvalue weighted by molar-refractivity contribution is 5.95. The maximum atomic E-state index is 11.9. The molecule has 0 bridgehead atoms. The molecule has 2 heterocycles. The third-order valence-corrected chi connectivity index (χ3v) is 2.72. The van der Waals surface area contributed by atoms with Crippen molar-refractivity contribution in [3.05, 3.63) is 24.0 Å². The number of fused-ring (bicyclic) bond motifs is 1. The zero-order valence-electron chi connectivity index (χ0n) is 9.23. The van der Waals surface area contributed by atoms with Crippen LogP contribution in [0.25, 0.3) is 0 Å². The van der Waals surface area contributed by atoms with Gasteiger partial charge in [-0.05, 0) is 38.8 Å². The van der Waals surface area contributed by atoms with Crippen molar-refractivity contribution < 1.29 is 4.79 Å². The largest absolute Gasteiger partial charge is 0.308 e. The number of nitrogens with zero attached hydrogens (tertiary/aromatic N) is 2. The maximum Gasteiger partial charge on any atom is 0.227 e. The standard InChI is InChI=1S/C12H16N2O/c1-9(2)14-11-6-4-8-13-10(11)5-3-7-12(14)15/h4,6,8-9H,3,5,7H2,1-2H3. The molecule has 0 saturated heterocycles. The number of aryl methyl sites for hydroxylation is 1. The summed E-state index contributed by atoms with van der Waals surface area (Å²) in [5.41, 5.74) is 2.05. The average molecular weight is 204 g/mol. The van der Waals surface area contributed by atoms with Crippen LogP contribution in [0.3, 0.4) is 0 Å². The monoisotopic (exact) mass is 204 g/mol. The molecular weight excluding hydrogens is 188 g/mol. The van der Waals surface area contributed by atoms with E-state index in [1.165, 1.54) is 0 Å². The molecule has 0 fully saturated rings. The highest BCUT2D eigenvalue weighted by atomic mass is 16.2. The summed E-state index contributed by atoms with van der Waals surface area (Å²) in [6, 6.07) is 4.09. The fraction of sp³-hybridized carbons (Fsp3) is 0.500. The van der Waals surface area contributed by atoms with E-state index in [4.69, 9.17) is 0 Å². The maximum absolute atomic E-state index is 11.9. The van der Waals surface area contributed by atoms with Crippen molar-refractivity contribution in [2.45, 2.75) is 39.2 Å². The zero-order chi connectivity index (χ0) is 10.8. The molecule has 2 rings (SSSR count). The Kier molecular flexibility index (Phi) is 2.71. The number of anilines is 1. The lowest BCUT2D eigenvalue weighted by atomic mass is 10.2. The van der Waals surface area contributed by atoms with Crippen LogP contribution in [0, 0.1) is 0 Å². The highest BCUT2D eigenvalue weighted by Gasteiger charge is 2.24. The number of hydrogen-bond donors (Lipinski definition) is 0. The first-order valence-corrected chi connectivity index (χ1v) is 5.46. The van der Waals surface area contributed by atoms with Gasteiger partial charge in [0.2, 0.25) is 5.91 Å². The Balaban J connectivity index is 2.47. The molecule has 0 aromatic carbocycles. The van der Waals surface area contributed by atoms with Gasteiger partial charge in [0.25, 0.3) is 0 Å². The minimum absolute atomic E-state index is 0.207. The van der Waals surface area contributed by atoms with Gasteiger partial charge in [-0.2, -0.15) is 0 Å². The molecule has 0 unspecified atom stereocenters. The number of carbonyl (C=O) groups is 1. The Bertz CT molecular complexity index is 374. The molecule has 0 radical (unpaired) electrons. The summed E-state index contributed by atoms with van der Waals surface area (Å²) in [5.74, 6) is 0.219.